The van der Waals surface area contributed by atoms with E-state index in [2.05, 4.69) is 41.5 Å². The number of ether oxygens (including phenoxy) is 4. The highest BCUT2D eigenvalue weighted by Crippen LogP contribution is 2.45. The maximum Gasteiger partial charge on any atom is 0.472 e. The fraction of sp³-hybridized carbons (Fsp3) is 0.947. The first-order valence-corrected chi connectivity index (χ1v) is 42.5. The van der Waals surface area contributed by atoms with Crippen molar-refractivity contribution in [1.29, 1.82) is 0 Å². The van der Waals surface area contributed by atoms with Crippen LogP contribution in [0.4, 0.5) is 0 Å². The summed E-state index contributed by atoms with van der Waals surface area (Å²) in [5.41, 5.74) is 0. The summed E-state index contributed by atoms with van der Waals surface area (Å²) in [5, 5.41) is 10.6. The van der Waals surface area contributed by atoms with Gasteiger partial charge in [-0.25, -0.2) is 9.13 Å². The molecule has 0 aliphatic heterocycles. The van der Waals surface area contributed by atoms with Gasteiger partial charge in [0.2, 0.25) is 0 Å². The highest BCUT2D eigenvalue weighted by atomic mass is 31.2. The molecule has 0 spiro atoms. The van der Waals surface area contributed by atoms with Crippen LogP contribution in [0.2, 0.25) is 0 Å². The van der Waals surface area contributed by atoms with E-state index in [4.69, 9.17) is 37.0 Å². The second-order valence-corrected chi connectivity index (χ2v) is 31.3. The molecule has 0 aromatic heterocycles. The molecule has 0 saturated carbocycles. The third-order valence-corrected chi connectivity index (χ3v) is 19.6. The number of unbranched alkanes of at least 4 members (excludes halogenated alkanes) is 45. The number of phosphoric ester groups is 2. The quantitative estimate of drug-likeness (QED) is 0.0222. The Morgan fingerprint density at radius 3 is 0.716 bits per heavy atom. The molecule has 0 aliphatic rings. The summed E-state index contributed by atoms with van der Waals surface area (Å²) in [6, 6.07) is 0. The lowest BCUT2D eigenvalue weighted by molar-refractivity contribution is -0.161. The zero-order chi connectivity index (χ0) is 70.0. The number of hydrogen-bond acceptors (Lipinski definition) is 15. The van der Waals surface area contributed by atoms with Gasteiger partial charge in [-0.1, -0.05) is 343 Å². The van der Waals surface area contributed by atoms with E-state index in [1.807, 2.05) is 0 Å². The first-order valence-electron chi connectivity index (χ1n) is 39.5. The Hall–Kier alpha value is -1.94. The first-order chi connectivity index (χ1) is 45.9. The highest BCUT2D eigenvalue weighted by molar-refractivity contribution is 7.47. The average molecular weight is 1400 g/mol. The molecule has 0 aliphatic carbocycles. The number of hydrogen-bond donors (Lipinski definition) is 3. The van der Waals surface area contributed by atoms with E-state index in [0.717, 1.165) is 102 Å². The summed E-state index contributed by atoms with van der Waals surface area (Å²) in [6.07, 6.45) is 55.3. The summed E-state index contributed by atoms with van der Waals surface area (Å²) in [6.45, 7) is 9.62. The number of carbonyl (C=O) groups excluding carboxylic acids is 4. The third kappa shape index (κ3) is 70.3. The third-order valence-electron chi connectivity index (χ3n) is 17.7. The van der Waals surface area contributed by atoms with Crippen LogP contribution in [0.3, 0.4) is 0 Å². The molecule has 0 aromatic rings. The Morgan fingerprint density at radius 1 is 0.284 bits per heavy atom. The van der Waals surface area contributed by atoms with Crippen molar-refractivity contribution < 1.29 is 80.2 Å². The lowest BCUT2D eigenvalue weighted by atomic mass is 10.0. The van der Waals surface area contributed by atoms with Gasteiger partial charge in [0.05, 0.1) is 26.4 Å². The first kappa shape index (κ1) is 93.1. The fourth-order valence-corrected chi connectivity index (χ4v) is 13.2. The minimum Gasteiger partial charge on any atom is -0.462 e. The molecule has 2 unspecified atom stereocenters. The van der Waals surface area contributed by atoms with Crippen LogP contribution < -0.4 is 0 Å². The molecule has 0 rings (SSSR count). The van der Waals surface area contributed by atoms with Crippen LogP contribution in [0, 0.1) is 11.8 Å². The van der Waals surface area contributed by atoms with E-state index in [1.54, 1.807) is 0 Å². The number of aliphatic hydroxyl groups is 1. The second-order valence-electron chi connectivity index (χ2n) is 28.3. The van der Waals surface area contributed by atoms with Gasteiger partial charge in [-0.3, -0.25) is 37.3 Å². The van der Waals surface area contributed by atoms with E-state index in [-0.39, 0.29) is 25.7 Å². The van der Waals surface area contributed by atoms with Crippen LogP contribution in [0.15, 0.2) is 0 Å². The zero-order valence-electron chi connectivity index (χ0n) is 62.0. The second kappa shape index (κ2) is 67.9. The lowest BCUT2D eigenvalue weighted by Gasteiger charge is -2.21. The van der Waals surface area contributed by atoms with Crippen molar-refractivity contribution >= 4 is 39.5 Å². The van der Waals surface area contributed by atoms with Gasteiger partial charge in [-0.05, 0) is 37.5 Å². The van der Waals surface area contributed by atoms with Crippen LogP contribution >= 0.6 is 15.6 Å². The van der Waals surface area contributed by atoms with E-state index in [0.29, 0.717) is 25.7 Å². The van der Waals surface area contributed by atoms with Crippen molar-refractivity contribution in [2.45, 2.75) is 413 Å². The van der Waals surface area contributed by atoms with E-state index in [9.17, 15) is 43.2 Å². The predicted octanol–water partition coefficient (Wildman–Crippen LogP) is 22.3. The van der Waals surface area contributed by atoms with Crippen molar-refractivity contribution in [2.75, 3.05) is 39.6 Å². The van der Waals surface area contributed by atoms with Gasteiger partial charge in [0.25, 0.3) is 0 Å². The Morgan fingerprint density at radius 2 is 0.484 bits per heavy atom. The Labute approximate surface area is 581 Å². The van der Waals surface area contributed by atoms with Gasteiger partial charge in [0.1, 0.15) is 19.3 Å². The monoisotopic (exact) mass is 1400 g/mol. The molecular formula is C76H148O17P2. The molecule has 564 valence electrons. The smallest absolute Gasteiger partial charge is 0.462 e. The normalized spacial score (nSPS) is 14.0. The Kier molecular flexibility index (Phi) is 66.5. The van der Waals surface area contributed by atoms with Crippen LogP contribution in [0.5, 0.6) is 0 Å². The molecule has 19 heteroatoms. The summed E-state index contributed by atoms with van der Waals surface area (Å²) in [7, 11) is -9.91. The fourth-order valence-electron chi connectivity index (χ4n) is 11.7. The molecule has 3 N–H and O–H groups in total. The summed E-state index contributed by atoms with van der Waals surface area (Å²) in [5.74, 6) is -0.559. The number of esters is 4. The standard InChI is InChI=1S/C76H148O17P2/c1-7-9-11-13-15-17-19-23-28-36-42-48-54-60-75(80)92-71(64-86-73(78)58-52-46-40-34-27-20-18-16-14-12-10-8-2)66-90-94(82,83)88-62-70(77)63-89-95(84,85)91-67-72(65-87-74(79)59-53-47-41-35-31-30-33-39-45-51-57-69(5)6)93-76(81)61-55-49-43-37-29-25-22-21-24-26-32-38-44-50-56-68(3)4/h68-72,77H,7-67H2,1-6H3,(H,82,83)(H,84,85)/t70-,71+,72+/m0/s1. The van der Waals surface area contributed by atoms with Crippen LogP contribution in [0.1, 0.15) is 395 Å². The van der Waals surface area contributed by atoms with Gasteiger partial charge >= 0.3 is 39.5 Å². The molecule has 0 saturated heterocycles. The van der Waals surface area contributed by atoms with Crippen LogP contribution in [-0.2, 0) is 65.4 Å². The molecule has 17 nitrogen and oxygen atoms in total. The summed E-state index contributed by atoms with van der Waals surface area (Å²) < 4.78 is 68.6. The molecule has 0 heterocycles. The topological polar surface area (TPSA) is 237 Å². The molecule has 5 atom stereocenters. The Balaban J connectivity index is 5.26. The number of aliphatic hydroxyl groups excluding tert-OH is 1. The van der Waals surface area contributed by atoms with Gasteiger partial charge in [0.15, 0.2) is 12.2 Å². The number of rotatable bonds is 75. The van der Waals surface area contributed by atoms with E-state index in [1.165, 1.54) is 212 Å². The summed E-state index contributed by atoms with van der Waals surface area (Å²) >= 11 is 0. The maximum atomic E-state index is 13.1. The van der Waals surface area contributed by atoms with Gasteiger partial charge in [-0.15, -0.1) is 0 Å². The minimum atomic E-state index is -4.96. The largest absolute Gasteiger partial charge is 0.472 e. The zero-order valence-corrected chi connectivity index (χ0v) is 63.8. The number of carbonyl (C=O) groups is 4. The number of phosphoric acid groups is 2. The predicted molar refractivity (Wildman–Crippen MR) is 386 cm³/mol. The van der Waals surface area contributed by atoms with Crippen molar-refractivity contribution in [3.05, 3.63) is 0 Å². The van der Waals surface area contributed by atoms with Crippen molar-refractivity contribution in [1.82, 2.24) is 0 Å². The lowest BCUT2D eigenvalue weighted by Crippen LogP contribution is -2.30. The average Bonchev–Trinajstić information content (AvgIpc) is 1.53. The van der Waals surface area contributed by atoms with Crippen molar-refractivity contribution in [3.8, 4) is 0 Å². The highest BCUT2D eigenvalue weighted by Gasteiger charge is 2.30. The van der Waals surface area contributed by atoms with Crippen molar-refractivity contribution in [3.63, 3.8) is 0 Å². The van der Waals surface area contributed by atoms with E-state index >= 15 is 0 Å². The molecule has 0 bridgehead atoms. The molecule has 0 radical (unpaired) electrons. The molecule has 0 aromatic carbocycles. The summed E-state index contributed by atoms with van der Waals surface area (Å²) in [4.78, 5) is 72.8. The van der Waals surface area contributed by atoms with E-state index < -0.39 is 97.5 Å². The molecule has 0 fully saturated rings. The molecular weight excluding hydrogens is 1250 g/mol. The molecule has 0 amide bonds. The minimum absolute atomic E-state index is 0.107. The van der Waals surface area contributed by atoms with Crippen LogP contribution in [0.25, 0.3) is 0 Å². The molecule has 95 heavy (non-hydrogen) atoms. The van der Waals surface area contributed by atoms with Crippen LogP contribution in [-0.4, -0.2) is 96.7 Å². The Bertz CT molecular complexity index is 1840. The van der Waals surface area contributed by atoms with Crippen molar-refractivity contribution in [2.24, 2.45) is 11.8 Å². The van der Waals surface area contributed by atoms with Gasteiger partial charge in [0, 0.05) is 25.7 Å². The SMILES string of the molecule is CCCCCCCCCCCCCCCC(=O)O[C@H](COC(=O)CCCCCCCCCCCCCC)COP(=O)(O)OC[C@H](O)COP(=O)(O)OC[C@@H](COC(=O)CCCCCCCCCCCCC(C)C)OC(=O)CCCCCCCCCCCCCCCCC(C)C. The van der Waals surface area contributed by atoms with Gasteiger partial charge in [-0.2, -0.15) is 0 Å². The van der Waals surface area contributed by atoms with Gasteiger partial charge < -0.3 is 33.8 Å². The maximum absolute atomic E-state index is 13.1.